The van der Waals surface area contributed by atoms with Crippen molar-refractivity contribution in [2.75, 3.05) is 26.2 Å². The normalized spacial score (nSPS) is 19.5. The van der Waals surface area contributed by atoms with Crippen LogP contribution in [0.1, 0.15) is 18.4 Å². The van der Waals surface area contributed by atoms with Gasteiger partial charge in [-0.3, -0.25) is 4.79 Å². The maximum atomic E-state index is 14.0. The summed E-state index contributed by atoms with van der Waals surface area (Å²) in [6, 6.07) is 4.17. The van der Waals surface area contributed by atoms with Crippen LogP contribution in [0.2, 0.25) is 0 Å². The van der Waals surface area contributed by atoms with Crippen LogP contribution in [0.5, 0.6) is 0 Å². The molecule has 23 heavy (non-hydrogen) atoms. The molecule has 1 aliphatic rings. The molecule has 1 amide bonds. The molecule has 1 heterocycles. The Kier molecular flexibility index (Phi) is 5.72. The Morgan fingerprint density at radius 1 is 1.48 bits per heavy atom. The third-order valence-corrected chi connectivity index (χ3v) is 6.00. The van der Waals surface area contributed by atoms with Gasteiger partial charge in [0.05, 0.1) is 5.92 Å². The number of sulfonamides is 1. The monoisotopic (exact) mass is 343 g/mol. The summed E-state index contributed by atoms with van der Waals surface area (Å²) in [6.45, 7) is 2.60. The summed E-state index contributed by atoms with van der Waals surface area (Å²) in [5.74, 6) is -1.41. The number of rotatable bonds is 5. The minimum Gasteiger partial charge on any atom is -0.355 e. The van der Waals surface area contributed by atoms with Crippen LogP contribution >= 0.6 is 0 Å². The van der Waals surface area contributed by atoms with E-state index in [9.17, 15) is 17.6 Å². The Balaban J connectivity index is 2.22. The summed E-state index contributed by atoms with van der Waals surface area (Å²) in [6.07, 6.45) is 1.17. The minimum atomic E-state index is -3.96. The SMILES string of the molecule is Cc1cccc(F)c1S(=O)(=O)N1CCCC(C(=O)NCCN)C1. The molecule has 1 saturated heterocycles. The predicted octanol–water partition coefficient (Wildman–Crippen LogP) is 0.610. The van der Waals surface area contributed by atoms with E-state index in [-0.39, 0.29) is 23.9 Å². The first-order chi connectivity index (χ1) is 10.9. The van der Waals surface area contributed by atoms with Crippen LogP contribution in [0.4, 0.5) is 4.39 Å². The van der Waals surface area contributed by atoms with Crippen molar-refractivity contribution in [1.82, 2.24) is 9.62 Å². The minimum absolute atomic E-state index is 0.0620. The van der Waals surface area contributed by atoms with Crippen LogP contribution in [0.3, 0.4) is 0 Å². The smallest absolute Gasteiger partial charge is 0.246 e. The number of halogens is 1. The second-order valence-electron chi connectivity index (χ2n) is 5.67. The topological polar surface area (TPSA) is 92.5 Å². The van der Waals surface area contributed by atoms with Crippen molar-refractivity contribution < 1.29 is 17.6 Å². The van der Waals surface area contributed by atoms with Gasteiger partial charge in [0.2, 0.25) is 15.9 Å². The van der Waals surface area contributed by atoms with Gasteiger partial charge in [-0.2, -0.15) is 4.31 Å². The zero-order valence-corrected chi connectivity index (χ0v) is 13.9. The van der Waals surface area contributed by atoms with Gasteiger partial charge in [0, 0.05) is 26.2 Å². The number of hydrogen-bond donors (Lipinski definition) is 2. The molecule has 8 heteroatoms. The highest BCUT2D eigenvalue weighted by molar-refractivity contribution is 7.89. The summed E-state index contributed by atoms with van der Waals surface area (Å²) in [5, 5.41) is 2.68. The van der Waals surface area contributed by atoms with E-state index in [1.165, 1.54) is 10.4 Å². The Hall–Kier alpha value is -1.51. The van der Waals surface area contributed by atoms with E-state index in [0.29, 0.717) is 31.5 Å². The fourth-order valence-electron chi connectivity index (χ4n) is 2.79. The average Bonchev–Trinajstić information content (AvgIpc) is 2.52. The molecule has 0 aromatic heterocycles. The van der Waals surface area contributed by atoms with E-state index in [2.05, 4.69) is 5.32 Å². The molecule has 1 fully saturated rings. The third-order valence-electron chi connectivity index (χ3n) is 3.96. The highest BCUT2D eigenvalue weighted by atomic mass is 32.2. The van der Waals surface area contributed by atoms with Crippen LogP contribution in [-0.4, -0.2) is 44.8 Å². The summed E-state index contributed by atoms with van der Waals surface area (Å²) in [7, 11) is -3.96. The number of aryl methyl sites for hydroxylation is 1. The molecule has 0 aliphatic carbocycles. The fraction of sp³-hybridized carbons (Fsp3) is 0.533. The second kappa shape index (κ2) is 7.37. The van der Waals surface area contributed by atoms with Crippen molar-refractivity contribution in [3.8, 4) is 0 Å². The van der Waals surface area contributed by atoms with Gasteiger partial charge in [-0.25, -0.2) is 12.8 Å². The summed E-state index contributed by atoms with van der Waals surface area (Å²) < 4.78 is 40.7. The number of benzene rings is 1. The van der Waals surface area contributed by atoms with Crippen molar-refractivity contribution in [3.05, 3.63) is 29.6 Å². The van der Waals surface area contributed by atoms with Crippen LogP contribution in [0, 0.1) is 18.7 Å². The van der Waals surface area contributed by atoms with Crippen LogP contribution in [0.15, 0.2) is 23.1 Å². The Bertz CT molecular complexity index is 658. The lowest BCUT2D eigenvalue weighted by atomic mass is 9.99. The molecule has 0 bridgehead atoms. The maximum absolute atomic E-state index is 14.0. The lowest BCUT2D eigenvalue weighted by molar-refractivity contribution is -0.126. The van der Waals surface area contributed by atoms with E-state index in [4.69, 9.17) is 5.73 Å². The van der Waals surface area contributed by atoms with Gasteiger partial charge in [-0.05, 0) is 31.4 Å². The highest BCUT2D eigenvalue weighted by Crippen LogP contribution is 2.27. The fourth-order valence-corrected chi connectivity index (χ4v) is 4.58. The molecule has 1 aromatic rings. The summed E-state index contributed by atoms with van der Waals surface area (Å²) >= 11 is 0. The molecule has 0 spiro atoms. The molecular weight excluding hydrogens is 321 g/mol. The van der Waals surface area contributed by atoms with Crippen molar-refractivity contribution in [1.29, 1.82) is 0 Å². The first-order valence-electron chi connectivity index (χ1n) is 7.61. The lowest BCUT2D eigenvalue weighted by Crippen LogP contribution is -2.46. The number of carbonyl (C=O) groups is 1. The van der Waals surface area contributed by atoms with Crippen molar-refractivity contribution in [2.24, 2.45) is 11.7 Å². The van der Waals surface area contributed by atoms with E-state index in [0.717, 1.165) is 6.07 Å². The summed E-state index contributed by atoms with van der Waals surface area (Å²) in [5.41, 5.74) is 5.71. The Morgan fingerprint density at radius 2 is 2.22 bits per heavy atom. The molecule has 3 N–H and O–H groups in total. The molecule has 1 aromatic carbocycles. The van der Waals surface area contributed by atoms with Crippen molar-refractivity contribution in [2.45, 2.75) is 24.7 Å². The van der Waals surface area contributed by atoms with Crippen LogP contribution in [0.25, 0.3) is 0 Å². The third kappa shape index (κ3) is 3.88. The lowest BCUT2D eigenvalue weighted by Gasteiger charge is -2.31. The van der Waals surface area contributed by atoms with Gasteiger partial charge in [0.15, 0.2) is 0 Å². The van der Waals surface area contributed by atoms with Gasteiger partial charge in [0.25, 0.3) is 0 Å². The predicted molar refractivity (Wildman–Crippen MR) is 84.7 cm³/mol. The van der Waals surface area contributed by atoms with Crippen molar-refractivity contribution >= 4 is 15.9 Å². The van der Waals surface area contributed by atoms with Gasteiger partial charge in [0.1, 0.15) is 10.7 Å². The molecular formula is C15H22FN3O3S. The van der Waals surface area contributed by atoms with E-state index >= 15 is 0 Å². The molecule has 1 unspecified atom stereocenters. The zero-order valence-electron chi connectivity index (χ0n) is 13.1. The van der Waals surface area contributed by atoms with Gasteiger partial charge >= 0.3 is 0 Å². The summed E-state index contributed by atoms with van der Waals surface area (Å²) in [4.78, 5) is 11.7. The van der Waals surface area contributed by atoms with E-state index < -0.39 is 21.8 Å². The quantitative estimate of drug-likeness (QED) is 0.819. The maximum Gasteiger partial charge on any atom is 0.246 e. The van der Waals surface area contributed by atoms with Gasteiger partial charge in [-0.15, -0.1) is 0 Å². The number of nitrogens with zero attached hydrogens (tertiary/aromatic N) is 1. The molecule has 0 radical (unpaired) electrons. The van der Waals surface area contributed by atoms with Crippen LogP contribution in [-0.2, 0) is 14.8 Å². The first-order valence-corrected chi connectivity index (χ1v) is 9.05. The van der Waals surface area contributed by atoms with Gasteiger partial charge in [-0.1, -0.05) is 12.1 Å². The first kappa shape index (κ1) is 17.8. The number of piperidine rings is 1. The number of hydrogen-bond acceptors (Lipinski definition) is 4. The molecule has 6 nitrogen and oxygen atoms in total. The highest BCUT2D eigenvalue weighted by Gasteiger charge is 2.35. The molecule has 2 rings (SSSR count). The zero-order chi connectivity index (χ0) is 17.0. The average molecular weight is 343 g/mol. The molecule has 1 atom stereocenters. The largest absolute Gasteiger partial charge is 0.355 e. The standard InChI is InChI=1S/C15H22FN3O3S/c1-11-4-2-6-13(16)14(11)23(21,22)19-9-3-5-12(10-19)15(20)18-8-7-17/h2,4,6,12H,3,5,7-10,17H2,1H3,(H,18,20). The van der Waals surface area contributed by atoms with E-state index in [1.54, 1.807) is 13.0 Å². The number of nitrogens with one attached hydrogen (secondary N) is 1. The van der Waals surface area contributed by atoms with Crippen LogP contribution < -0.4 is 11.1 Å². The molecule has 0 saturated carbocycles. The van der Waals surface area contributed by atoms with Gasteiger partial charge < -0.3 is 11.1 Å². The van der Waals surface area contributed by atoms with E-state index in [1.807, 2.05) is 0 Å². The Labute approximate surface area is 135 Å². The van der Waals surface area contributed by atoms with Crippen molar-refractivity contribution in [3.63, 3.8) is 0 Å². The molecule has 128 valence electrons. The molecule has 1 aliphatic heterocycles. The number of amides is 1. The Morgan fingerprint density at radius 3 is 2.87 bits per heavy atom. The number of nitrogens with two attached hydrogens (primary N) is 1. The number of carbonyl (C=O) groups excluding carboxylic acids is 1. The second-order valence-corrected chi connectivity index (χ2v) is 7.54.